The molecule has 2 aromatic carbocycles. The van der Waals surface area contributed by atoms with Gasteiger partial charge in [-0.15, -0.1) is 0 Å². The van der Waals surface area contributed by atoms with Crippen molar-refractivity contribution in [2.75, 3.05) is 19.5 Å². The zero-order chi connectivity index (χ0) is 24.2. The van der Waals surface area contributed by atoms with E-state index in [-0.39, 0.29) is 46.4 Å². The molecule has 0 unspecified atom stereocenters. The highest BCUT2D eigenvalue weighted by Crippen LogP contribution is 2.37. The molecule has 0 spiro atoms. The van der Waals surface area contributed by atoms with E-state index in [4.69, 9.17) is 23.0 Å². The molecule has 1 amide bonds. The quantitative estimate of drug-likeness (QED) is 0.309. The van der Waals surface area contributed by atoms with Crippen molar-refractivity contribution in [2.45, 2.75) is 6.61 Å². The lowest BCUT2D eigenvalue weighted by Crippen LogP contribution is -2.14. The average Bonchev–Trinajstić information content (AvgIpc) is 3.36. The number of phenolic OH excluding ortho intramolecular Hbond substituents is 1. The number of nitrogens with one attached hydrogen (secondary N) is 1. The number of ether oxygens (including phenoxy) is 3. The fraction of sp³-hybridized carbons (Fsp3) is 0.125. The van der Waals surface area contributed by atoms with Gasteiger partial charge in [-0.3, -0.25) is 4.79 Å². The second-order valence-corrected chi connectivity index (χ2v) is 7.04. The van der Waals surface area contributed by atoms with Crippen LogP contribution in [0.5, 0.6) is 17.2 Å². The smallest absolute Gasteiger partial charge is 0.338 e. The van der Waals surface area contributed by atoms with Crippen LogP contribution in [0.4, 0.5) is 5.69 Å². The molecule has 10 heteroatoms. The van der Waals surface area contributed by atoms with Gasteiger partial charge in [-0.2, -0.15) is 0 Å². The van der Waals surface area contributed by atoms with Crippen LogP contribution >= 0.6 is 0 Å². The first-order valence-electron chi connectivity index (χ1n) is 9.93. The number of carbonyl (C=O) groups is 2. The molecule has 0 atom stereocenters. The first-order valence-corrected chi connectivity index (χ1v) is 9.93. The normalized spacial score (nSPS) is 10.6. The molecule has 34 heavy (non-hydrogen) atoms. The van der Waals surface area contributed by atoms with Crippen molar-refractivity contribution >= 4 is 28.5 Å². The topological polar surface area (TPSA) is 137 Å². The third-order valence-electron chi connectivity index (χ3n) is 4.88. The Kier molecular flexibility index (Phi) is 6.22. The second kappa shape index (κ2) is 9.41. The standard InChI is InChI=1S/C24H19NO9/c1-30-20-9-13(8-17(22(20)31-2)25-23(28)18-4-3-7-32-18)24(29)33-12-14-10-21(27)34-19-11-15(26)5-6-16(14)19/h3-11,26H,12H2,1-2H3,(H,25,28). The van der Waals surface area contributed by atoms with Gasteiger partial charge in [-0.1, -0.05) is 0 Å². The van der Waals surface area contributed by atoms with Gasteiger partial charge in [0.05, 0.1) is 31.7 Å². The van der Waals surface area contributed by atoms with Crippen LogP contribution in [0.25, 0.3) is 11.0 Å². The third-order valence-corrected chi connectivity index (χ3v) is 4.88. The van der Waals surface area contributed by atoms with E-state index in [2.05, 4.69) is 5.32 Å². The largest absolute Gasteiger partial charge is 0.508 e. The van der Waals surface area contributed by atoms with Crippen LogP contribution in [-0.4, -0.2) is 31.2 Å². The highest BCUT2D eigenvalue weighted by molar-refractivity contribution is 6.04. The number of carbonyl (C=O) groups excluding carboxylic acids is 2. The highest BCUT2D eigenvalue weighted by atomic mass is 16.5. The Morgan fingerprint density at radius 1 is 1.06 bits per heavy atom. The number of hydrogen-bond donors (Lipinski definition) is 2. The fourth-order valence-electron chi connectivity index (χ4n) is 3.33. The Hall–Kier alpha value is -4.73. The molecular formula is C24H19NO9. The summed E-state index contributed by atoms with van der Waals surface area (Å²) in [6.45, 7) is -0.242. The van der Waals surface area contributed by atoms with E-state index in [0.29, 0.717) is 10.9 Å². The summed E-state index contributed by atoms with van der Waals surface area (Å²) in [7, 11) is 2.78. The summed E-state index contributed by atoms with van der Waals surface area (Å²) in [5, 5.41) is 12.7. The summed E-state index contributed by atoms with van der Waals surface area (Å²) in [6, 6.07) is 11.3. The molecule has 0 radical (unpaired) electrons. The first-order chi connectivity index (χ1) is 16.4. The van der Waals surface area contributed by atoms with Gasteiger partial charge in [0, 0.05) is 23.1 Å². The van der Waals surface area contributed by atoms with E-state index in [9.17, 15) is 19.5 Å². The summed E-state index contributed by atoms with van der Waals surface area (Å²) in [4.78, 5) is 37.1. The van der Waals surface area contributed by atoms with Crippen molar-refractivity contribution in [3.63, 3.8) is 0 Å². The van der Waals surface area contributed by atoms with Crippen LogP contribution < -0.4 is 20.4 Å². The highest BCUT2D eigenvalue weighted by Gasteiger charge is 2.20. The van der Waals surface area contributed by atoms with Crippen molar-refractivity contribution in [2.24, 2.45) is 0 Å². The van der Waals surface area contributed by atoms with Gasteiger partial charge < -0.3 is 33.5 Å². The number of esters is 1. The zero-order valence-corrected chi connectivity index (χ0v) is 18.1. The first kappa shape index (κ1) is 22.5. The lowest BCUT2D eigenvalue weighted by atomic mass is 10.1. The minimum Gasteiger partial charge on any atom is -0.508 e. The van der Waals surface area contributed by atoms with Gasteiger partial charge in [0.2, 0.25) is 0 Å². The number of anilines is 1. The molecule has 0 bridgehead atoms. The van der Waals surface area contributed by atoms with Gasteiger partial charge in [0.25, 0.3) is 5.91 Å². The second-order valence-electron chi connectivity index (χ2n) is 7.04. The maximum absolute atomic E-state index is 12.8. The lowest BCUT2D eigenvalue weighted by Gasteiger charge is -2.15. The van der Waals surface area contributed by atoms with Crippen LogP contribution in [0, 0.1) is 0 Å². The van der Waals surface area contributed by atoms with Gasteiger partial charge in [0.15, 0.2) is 17.3 Å². The van der Waals surface area contributed by atoms with Crippen LogP contribution in [-0.2, 0) is 11.3 Å². The number of amides is 1. The predicted octanol–water partition coefficient (Wildman–Crippen LogP) is 3.72. The molecule has 0 aliphatic rings. The Labute approximate surface area is 192 Å². The molecule has 10 nitrogen and oxygen atoms in total. The number of hydrogen-bond acceptors (Lipinski definition) is 9. The molecule has 0 aliphatic carbocycles. The Morgan fingerprint density at radius 2 is 1.88 bits per heavy atom. The Bertz CT molecular complexity index is 1420. The molecule has 4 rings (SSSR count). The molecule has 2 N–H and O–H groups in total. The van der Waals surface area contributed by atoms with Gasteiger partial charge in [-0.05, 0) is 36.4 Å². The molecule has 0 aliphatic heterocycles. The van der Waals surface area contributed by atoms with E-state index >= 15 is 0 Å². The summed E-state index contributed by atoms with van der Waals surface area (Å²) >= 11 is 0. The van der Waals surface area contributed by atoms with E-state index in [0.717, 1.165) is 0 Å². The maximum Gasteiger partial charge on any atom is 0.338 e. The SMILES string of the molecule is COc1cc(C(=O)OCc2cc(=O)oc3cc(O)ccc23)cc(NC(=O)c2ccco2)c1OC. The lowest BCUT2D eigenvalue weighted by molar-refractivity contribution is 0.0473. The number of phenols is 1. The molecule has 0 fully saturated rings. The van der Waals surface area contributed by atoms with Crippen molar-refractivity contribution < 1.29 is 37.7 Å². The number of rotatable bonds is 7. The predicted molar refractivity (Wildman–Crippen MR) is 119 cm³/mol. The Balaban J connectivity index is 1.61. The molecule has 0 saturated carbocycles. The maximum atomic E-state index is 12.8. The van der Waals surface area contributed by atoms with E-state index in [1.54, 1.807) is 12.1 Å². The number of fused-ring (bicyclic) bond motifs is 1. The van der Waals surface area contributed by atoms with Crippen LogP contribution in [0.3, 0.4) is 0 Å². The number of aromatic hydroxyl groups is 1. The van der Waals surface area contributed by atoms with Crippen molar-refractivity contribution in [3.8, 4) is 17.2 Å². The van der Waals surface area contributed by atoms with E-state index in [1.807, 2.05) is 0 Å². The number of methoxy groups -OCH3 is 2. The molecule has 0 saturated heterocycles. The monoisotopic (exact) mass is 465 g/mol. The Morgan fingerprint density at radius 3 is 2.59 bits per heavy atom. The summed E-state index contributed by atoms with van der Waals surface area (Å²) < 4.78 is 26.2. The number of benzene rings is 2. The van der Waals surface area contributed by atoms with Gasteiger partial charge >= 0.3 is 11.6 Å². The molecule has 2 aromatic heterocycles. The zero-order valence-electron chi connectivity index (χ0n) is 18.1. The van der Waals surface area contributed by atoms with E-state index in [1.165, 1.54) is 56.9 Å². The van der Waals surface area contributed by atoms with E-state index < -0.39 is 17.5 Å². The minimum absolute atomic E-state index is 0.0647. The van der Waals surface area contributed by atoms with Gasteiger partial charge in [0.1, 0.15) is 17.9 Å². The van der Waals surface area contributed by atoms with Crippen molar-refractivity contribution in [1.29, 1.82) is 0 Å². The average molecular weight is 465 g/mol. The third kappa shape index (κ3) is 4.56. The van der Waals surface area contributed by atoms with Crippen LogP contribution in [0.1, 0.15) is 26.5 Å². The molecule has 4 aromatic rings. The van der Waals surface area contributed by atoms with Crippen LogP contribution in [0.2, 0.25) is 0 Å². The minimum atomic E-state index is -0.741. The van der Waals surface area contributed by atoms with Gasteiger partial charge in [-0.25, -0.2) is 9.59 Å². The fourth-order valence-corrected chi connectivity index (χ4v) is 3.33. The summed E-state index contributed by atoms with van der Waals surface area (Å²) in [5.41, 5.74) is 0.131. The summed E-state index contributed by atoms with van der Waals surface area (Å²) in [5.74, 6) is -0.913. The number of furan rings is 1. The molecule has 174 valence electrons. The molecular weight excluding hydrogens is 446 g/mol. The van der Waals surface area contributed by atoms with Crippen molar-refractivity contribution in [3.05, 3.63) is 82.1 Å². The summed E-state index contributed by atoms with van der Waals surface area (Å²) in [6.07, 6.45) is 1.36. The van der Waals surface area contributed by atoms with Crippen LogP contribution in [0.15, 0.2) is 68.4 Å². The van der Waals surface area contributed by atoms with Crippen molar-refractivity contribution in [1.82, 2.24) is 0 Å². The molecule has 2 heterocycles.